The predicted octanol–water partition coefficient (Wildman–Crippen LogP) is 2.31. The summed E-state index contributed by atoms with van der Waals surface area (Å²) in [7, 11) is 0. The molecule has 0 amide bonds. The SMILES string of the molecule is CC1(C)CC1CNC1CCCC1C#N. The van der Waals surface area contributed by atoms with Crippen molar-refractivity contribution in [2.45, 2.75) is 45.6 Å². The standard InChI is InChI=1S/C12H20N2/c1-12(2)6-10(12)8-14-11-5-3-4-9(11)7-13/h9-11,14H,3-6,8H2,1-2H3. The van der Waals surface area contributed by atoms with Crippen molar-refractivity contribution in [3.8, 4) is 6.07 Å². The first kappa shape index (κ1) is 9.98. The number of nitriles is 1. The molecule has 0 aromatic heterocycles. The molecule has 0 bridgehead atoms. The van der Waals surface area contributed by atoms with Gasteiger partial charge < -0.3 is 5.32 Å². The van der Waals surface area contributed by atoms with Gasteiger partial charge in [-0.2, -0.15) is 5.26 Å². The van der Waals surface area contributed by atoms with Crippen LogP contribution >= 0.6 is 0 Å². The third-order valence-electron chi connectivity index (χ3n) is 4.03. The topological polar surface area (TPSA) is 35.8 Å². The Kier molecular flexibility index (Phi) is 2.53. The molecular formula is C12H20N2. The summed E-state index contributed by atoms with van der Waals surface area (Å²) >= 11 is 0. The van der Waals surface area contributed by atoms with Crippen LogP contribution in [0.4, 0.5) is 0 Å². The maximum Gasteiger partial charge on any atom is 0.0672 e. The lowest BCUT2D eigenvalue weighted by Crippen LogP contribution is -2.33. The summed E-state index contributed by atoms with van der Waals surface area (Å²) < 4.78 is 0. The highest BCUT2D eigenvalue weighted by atomic mass is 14.9. The van der Waals surface area contributed by atoms with E-state index in [1.165, 1.54) is 19.3 Å². The van der Waals surface area contributed by atoms with E-state index in [0.717, 1.165) is 18.9 Å². The molecule has 0 aromatic rings. The van der Waals surface area contributed by atoms with Gasteiger partial charge in [0.15, 0.2) is 0 Å². The highest BCUT2D eigenvalue weighted by molar-refractivity contribution is 5.00. The van der Waals surface area contributed by atoms with Crippen LogP contribution in [0.25, 0.3) is 0 Å². The molecule has 2 fully saturated rings. The van der Waals surface area contributed by atoms with Crippen molar-refractivity contribution in [3.05, 3.63) is 0 Å². The second-order valence-electron chi connectivity index (χ2n) is 5.57. The smallest absolute Gasteiger partial charge is 0.0672 e. The maximum atomic E-state index is 8.93. The van der Waals surface area contributed by atoms with E-state index in [9.17, 15) is 0 Å². The lowest BCUT2D eigenvalue weighted by Gasteiger charge is -2.15. The normalized spacial score (nSPS) is 39.4. The zero-order valence-electron chi connectivity index (χ0n) is 9.21. The van der Waals surface area contributed by atoms with Crippen molar-refractivity contribution in [2.24, 2.45) is 17.3 Å². The van der Waals surface area contributed by atoms with E-state index in [1.807, 2.05) is 0 Å². The maximum absolute atomic E-state index is 8.93. The van der Waals surface area contributed by atoms with Crippen LogP contribution in [0.1, 0.15) is 39.5 Å². The van der Waals surface area contributed by atoms with Gasteiger partial charge in [-0.3, -0.25) is 0 Å². The van der Waals surface area contributed by atoms with Gasteiger partial charge in [0.25, 0.3) is 0 Å². The van der Waals surface area contributed by atoms with Gasteiger partial charge in [-0.1, -0.05) is 20.3 Å². The van der Waals surface area contributed by atoms with E-state index in [1.54, 1.807) is 0 Å². The average molecular weight is 192 g/mol. The van der Waals surface area contributed by atoms with Crippen molar-refractivity contribution < 1.29 is 0 Å². The monoisotopic (exact) mass is 192 g/mol. The molecule has 0 saturated heterocycles. The largest absolute Gasteiger partial charge is 0.312 e. The molecule has 2 saturated carbocycles. The lowest BCUT2D eigenvalue weighted by molar-refractivity contribution is 0.429. The van der Waals surface area contributed by atoms with Crippen molar-refractivity contribution in [1.29, 1.82) is 5.26 Å². The van der Waals surface area contributed by atoms with Crippen LogP contribution in [0, 0.1) is 28.6 Å². The molecule has 3 unspecified atom stereocenters. The van der Waals surface area contributed by atoms with Crippen molar-refractivity contribution in [2.75, 3.05) is 6.54 Å². The molecule has 2 rings (SSSR count). The van der Waals surface area contributed by atoms with Crippen LogP contribution in [0.15, 0.2) is 0 Å². The molecule has 78 valence electrons. The Morgan fingerprint density at radius 1 is 1.43 bits per heavy atom. The Morgan fingerprint density at radius 3 is 2.71 bits per heavy atom. The van der Waals surface area contributed by atoms with Gasteiger partial charge in [-0.25, -0.2) is 0 Å². The average Bonchev–Trinajstić information content (AvgIpc) is 2.62. The van der Waals surface area contributed by atoms with E-state index in [4.69, 9.17) is 5.26 Å². The van der Waals surface area contributed by atoms with Gasteiger partial charge in [-0.15, -0.1) is 0 Å². The first-order valence-corrected chi connectivity index (χ1v) is 5.76. The Bertz CT molecular complexity index is 252. The molecule has 2 aliphatic rings. The van der Waals surface area contributed by atoms with Gasteiger partial charge in [0, 0.05) is 6.04 Å². The molecule has 0 aliphatic heterocycles. The third-order valence-corrected chi connectivity index (χ3v) is 4.03. The minimum Gasteiger partial charge on any atom is -0.312 e. The van der Waals surface area contributed by atoms with Crippen molar-refractivity contribution in [3.63, 3.8) is 0 Å². The van der Waals surface area contributed by atoms with Gasteiger partial charge in [0.05, 0.1) is 12.0 Å². The van der Waals surface area contributed by atoms with Crippen LogP contribution in [-0.2, 0) is 0 Å². The predicted molar refractivity (Wildman–Crippen MR) is 56.6 cm³/mol. The van der Waals surface area contributed by atoms with E-state index in [0.29, 0.717) is 11.5 Å². The van der Waals surface area contributed by atoms with Crippen LogP contribution in [-0.4, -0.2) is 12.6 Å². The Labute approximate surface area is 86.7 Å². The van der Waals surface area contributed by atoms with Crippen molar-refractivity contribution in [1.82, 2.24) is 5.32 Å². The minimum atomic E-state index is 0.275. The first-order chi connectivity index (χ1) is 6.63. The molecule has 14 heavy (non-hydrogen) atoms. The summed E-state index contributed by atoms with van der Waals surface area (Å²) in [6, 6.07) is 2.90. The van der Waals surface area contributed by atoms with Gasteiger partial charge in [0.2, 0.25) is 0 Å². The van der Waals surface area contributed by atoms with Crippen LogP contribution in [0.5, 0.6) is 0 Å². The summed E-state index contributed by atoms with van der Waals surface area (Å²) in [4.78, 5) is 0. The molecule has 2 nitrogen and oxygen atoms in total. The second kappa shape index (κ2) is 3.55. The lowest BCUT2D eigenvalue weighted by atomic mass is 10.1. The summed E-state index contributed by atoms with van der Waals surface area (Å²) in [6.45, 7) is 5.78. The molecule has 0 spiro atoms. The Morgan fingerprint density at radius 2 is 2.14 bits per heavy atom. The summed E-state index contributed by atoms with van der Waals surface area (Å²) in [5.74, 6) is 1.12. The van der Waals surface area contributed by atoms with Crippen molar-refractivity contribution >= 4 is 0 Å². The second-order valence-corrected chi connectivity index (χ2v) is 5.57. The number of hydrogen-bond donors (Lipinski definition) is 1. The Balaban J connectivity index is 1.74. The highest BCUT2D eigenvalue weighted by Crippen LogP contribution is 2.51. The van der Waals surface area contributed by atoms with Crippen LogP contribution in [0.2, 0.25) is 0 Å². The van der Waals surface area contributed by atoms with Crippen LogP contribution in [0.3, 0.4) is 0 Å². The quantitative estimate of drug-likeness (QED) is 0.745. The Hall–Kier alpha value is -0.550. The van der Waals surface area contributed by atoms with Gasteiger partial charge >= 0.3 is 0 Å². The molecule has 2 heteroatoms. The summed E-state index contributed by atoms with van der Waals surface area (Å²) in [5, 5.41) is 12.5. The zero-order valence-corrected chi connectivity index (χ0v) is 9.21. The molecule has 3 atom stereocenters. The number of nitrogens with one attached hydrogen (secondary N) is 1. The molecular weight excluding hydrogens is 172 g/mol. The fourth-order valence-electron chi connectivity index (χ4n) is 2.58. The third kappa shape index (κ3) is 1.93. The van der Waals surface area contributed by atoms with E-state index in [2.05, 4.69) is 25.2 Å². The van der Waals surface area contributed by atoms with E-state index < -0.39 is 0 Å². The van der Waals surface area contributed by atoms with Gasteiger partial charge in [0.1, 0.15) is 0 Å². The fourth-order valence-corrected chi connectivity index (χ4v) is 2.58. The van der Waals surface area contributed by atoms with Crippen LogP contribution < -0.4 is 5.32 Å². The fraction of sp³-hybridized carbons (Fsp3) is 0.917. The molecule has 2 aliphatic carbocycles. The minimum absolute atomic E-state index is 0.275. The van der Waals surface area contributed by atoms with Gasteiger partial charge in [-0.05, 0) is 37.1 Å². The number of nitrogens with zero attached hydrogens (tertiary/aromatic N) is 1. The molecule has 0 aromatic carbocycles. The molecule has 0 heterocycles. The summed E-state index contributed by atoms with van der Waals surface area (Å²) in [5.41, 5.74) is 0.563. The molecule has 0 radical (unpaired) electrons. The molecule has 1 N–H and O–H groups in total. The zero-order chi connectivity index (χ0) is 10.2. The first-order valence-electron chi connectivity index (χ1n) is 5.76. The highest BCUT2D eigenvalue weighted by Gasteiger charge is 2.45. The summed E-state index contributed by atoms with van der Waals surface area (Å²) in [6.07, 6.45) is 4.88. The number of rotatable bonds is 3. The van der Waals surface area contributed by atoms with E-state index >= 15 is 0 Å². The number of hydrogen-bond acceptors (Lipinski definition) is 2. The van der Waals surface area contributed by atoms with E-state index in [-0.39, 0.29) is 5.92 Å².